The first-order valence-electron chi connectivity index (χ1n) is 7.89. The average molecular weight is 367 g/mol. The molecule has 0 spiro atoms. The van der Waals surface area contributed by atoms with Gasteiger partial charge in [-0.05, 0) is 48.4 Å². The fourth-order valence-electron chi connectivity index (χ4n) is 2.60. The SMILES string of the molecule is Cc1ccc(S(=O)(=O)Nc2cccc(-c3ccccc3C(=O)O)c2)cc1. The molecule has 0 unspecified atom stereocenters. The Kier molecular flexibility index (Phi) is 4.77. The van der Waals surface area contributed by atoms with Crippen LogP contribution in [0.3, 0.4) is 0 Å². The highest BCUT2D eigenvalue weighted by Gasteiger charge is 2.15. The summed E-state index contributed by atoms with van der Waals surface area (Å²) < 4.78 is 27.6. The minimum Gasteiger partial charge on any atom is -0.478 e. The maximum absolute atomic E-state index is 12.5. The molecule has 0 aliphatic carbocycles. The smallest absolute Gasteiger partial charge is 0.336 e. The Bertz CT molecular complexity index is 1060. The number of hydrogen-bond acceptors (Lipinski definition) is 3. The third kappa shape index (κ3) is 3.75. The molecule has 0 atom stereocenters. The van der Waals surface area contributed by atoms with Gasteiger partial charge in [-0.25, -0.2) is 13.2 Å². The zero-order valence-electron chi connectivity index (χ0n) is 14.0. The van der Waals surface area contributed by atoms with Crippen molar-refractivity contribution in [1.82, 2.24) is 0 Å². The molecule has 0 saturated heterocycles. The number of carbonyl (C=O) groups is 1. The van der Waals surface area contributed by atoms with Gasteiger partial charge >= 0.3 is 5.97 Å². The number of nitrogens with one attached hydrogen (secondary N) is 1. The Balaban J connectivity index is 1.96. The number of aryl methyl sites for hydroxylation is 1. The van der Waals surface area contributed by atoms with Gasteiger partial charge in [0.2, 0.25) is 0 Å². The molecule has 0 heterocycles. The van der Waals surface area contributed by atoms with E-state index in [0.29, 0.717) is 16.8 Å². The molecule has 0 aromatic heterocycles. The summed E-state index contributed by atoms with van der Waals surface area (Å²) >= 11 is 0. The highest BCUT2D eigenvalue weighted by atomic mass is 32.2. The van der Waals surface area contributed by atoms with Crippen molar-refractivity contribution < 1.29 is 18.3 Å². The lowest BCUT2D eigenvalue weighted by Gasteiger charge is -2.11. The average Bonchev–Trinajstić information content (AvgIpc) is 2.62. The van der Waals surface area contributed by atoms with E-state index in [9.17, 15) is 18.3 Å². The molecular formula is C20H17NO4S. The second-order valence-electron chi connectivity index (χ2n) is 5.85. The Morgan fingerprint density at radius 3 is 2.31 bits per heavy atom. The van der Waals surface area contributed by atoms with Crippen LogP contribution < -0.4 is 4.72 Å². The minimum atomic E-state index is -3.72. The number of benzene rings is 3. The van der Waals surface area contributed by atoms with E-state index in [0.717, 1.165) is 5.56 Å². The Labute approximate surface area is 152 Å². The van der Waals surface area contributed by atoms with Crippen molar-refractivity contribution in [3.8, 4) is 11.1 Å². The lowest BCUT2D eigenvalue weighted by molar-refractivity contribution is 0.0697. The van der Waals surface area contributed by atoms with Gasteiger partial charge in [-0.15, -0.1) is 0 Å². The van der Waals surface area contributed by atoms with Crippen LogP contribution in [0, 0.1) is 6.92 Å². The van der Waals surface area contributed by atoms with Crippen molar-refractivity contribution >= 4 is 21.7 Å². The summed E-state index contributed by atoms with van der Waals surface area (Å²) in [5.74, 6) is -1.04. The van der Waals surface area contributed by atoms with Crippen LogP contribution in [0.25, 0.3) is 11.1 Å². The molecule has 0 amide bonds. The van der Waals surface area contributed by atoms with Crippen molar-refractivity contribution in [3.05, 3.63) is 83.9 Å². The summed E-state index contributed by atoms with van der Waals surface area (Å²) in [5, 5.41) is 9.34. The van der Waals surface area contributed by atoms with Crippen molar-refractivity contribution in [2.24, 2.45) is 0 Å². The molecule has 132 valence electrons. The first-order chi connectivity index (χ1) is 12.4. The fraction of sp³-hybridized carbons (Fsp3) is 0.0500. The van der Waals surface area contributed by atoms with Crippen LogP contribution in [0.1, 0.15) is 15.9 Å². The van der Waals surface area contributed by atoms with Gasteiger partial charge in [0.25, 0.3) is 10.0 Å². The van der Waals surface area contributed by atoms with Crippen LogP contribution in [0.15, 0.2) is 77.7 Å². The standard InChI is InChI=1S/C20H17NO4S/c1-14-9-11-17(12-10-14)26(24,25)21-16-6-4-5-15(13-16)18-7-2-3-8-19(18)20(22)23/h2-13,21H,1H3,(H,22,23). The largest absolute Gasteiger partial charge is 0.478 e. The van der Waals surface area contributed by atoms with Gasteiger partial charge in [0.15, 0.2) is 0 Å². The Hall–Kier alpha value is -3.12. The molecular weight excluding hydrogens is 350 g/mol. The first-order valence-corrected chi connectivity index (χ1v) is 9.37. The Morgan fingerprint density at radius 2 is 1.62 bits per heavy atom. The molecule has 0 aliphatic rings. The topological polar surface area (TPSA) is 83.5 Å². The third-order valence-electron chi connectivity index (χ3n) is 3.91. The van der Waals surface area contributed by atoms with Gasteiger partial charge in [-0.3, -0.25) is 4.72 Å². The minimum absolute atomic E-state index is 0.158. The van der Waals surface area contributed by atoms with Gasteiger partial charge in [-0.2, -0.15) is 0 Å². The van der Waals surface area contributed by atoms with Crippen molar-refractivity contribution in [2.75, 3.05) is 4.72 Å². The zero-order chi connectivity index (χ0) is 18.7. The number of sulfonamides is 1. The zero-order valence-corrected chi connectivity index (χ0v) is 14.8. The van der Waals surface area contributed by atoms with E-state index < -0.39 is 16.0 Å². The lowest BCUT2D eigenvalue weighted by Crippen LogP contribution is -2.12. The molecule has 3 aromatic carbocycles. The van der Waals surface area contributed by atoms with Gasteiger partial charge in [0, 0.05) is 5.69 Å². The van der Waals surface area contributed by atoms with Gasteiger partial charge in [0.1, 0.15) is 0 Å². The van der Waals surface area contributed by atoms with E-state index in [4.69, 9.17) is 0 Å². The maximum atomic E-state index is 12.5. The van der Waals surface area contributed by atoms with Crippen LogP contribution in [-0.4, -0.2) is 19.5 Å². The van der Waals surface area contributed by atoms with Crippen molar-refractivity contribution in [2.45, 2.75) is 11.8 Å². The summed E-state index contributed by atoms with van der Waals surface area (Å²) in [5.41, 5.74) is 2.63. The number of carboxylic acids is 1. The van der Waals surface area contributed by atoms with Gasteiger partial charge in [-0.1, -0.05) is 48.0 Å². The number of anilines is 1. The monoisotopic (exact) mass is 367 g/mol. The lowest BCUT2D eigenvalue weighted by atomic mass is 9.99. The van der Waals surface area contributed by atoms with E-state index in [2.05, 4.69) is 4.72 Å². The van der Waals surface area contributed by atoms with Crippen LogP contribution >= 0.6 is 0 Å². The molecule has 2 N–H and O–H groups in total. The predicted molar refractivity (Wildman–Crippen MR) is 101 cm³/mol. The van der Waals surface area contributed by atoms with Crippen molar-refractivity contribution in [1.29, 1.82) is 0 Å². The van der Waals surface area contributed by atoms with E-state index in [1.807, 2.05) is 6.92 Å². The second-order valence-corrected chi connectivity index (χ2v) is 7.53. The third-order valence-corrected chi connectivity index (χ3v) is 5.31. The molecule has 3 rings (SSSR count). The normalized spacial score (nSPS) is 11.1. The number of carboxylic acid groups (broad SMARTS) is 1. The molecule has 0 bridgehead atoms. The van der Waals surface area contributed by atoms with Crippen LogP contribution in [-0.2, 0) is 10.0 Å². The first kappa shape index (κ1) is 17.7. The summed E-state index contributed by atoms with van der Waals surface area (Å²) in [4.78, 5) is 11.6. The van der Waals surface area contributed by atoms with Crippen molar-refractivity contribution in [3.63, 3.8) is 0 Å². The van der Waals surface area contributed by atoms with Gasteiger partial charge in [0.05, 0.1) is 10.5 Å². The number of rotatable bonds is 5. The molecule has 5 nitrogen and oxygen atoms in total. The number of hydrogen-bond donors (Lipinski definition) is 2. The summed E-state index contributed by atoms with van der Waals surface area (Å²) in [7, 11) is -3.72. The van der Waals surface area contributed by atoms with E-state index >= 15 is 0 Å². The molecule has 6 heteroatoms. The highest BCUT2D eigenvalue weighted by molar-refractivity contribution is 7.92. The summed E-state index contributed by atoms with van der Waals surface area (Å²) in [6, 6.07) is 19.8. The van der Waals surface area contributed by atoms with E-state index in [1.165, 1.54) is 6.07 Å². The van der Waals surface area contributed by atoms with E-state index in [1.54, 1.807) is 66.7 Å². The molecule has 0 aliphatic heterocycles. The summed E-state index contributed by atoms with van der Waals surface area (Å²) in [6.45, 7) is 1.88. The predicted octanol–water partition coefficient (Wildman–Crippen LogP) is 4.16. The van der Waals surface area contributed by atoms with Crippen LogP contribution in [0.5, 0.6) is 0 Å². The Morgan fingerprint density at radius 1 is 0.923 bits per heavy atom. The molecule has 3 aromatic rings. The summed E-state index contributed by atoms with van der Waals surface area (Å²) in [6.07, 6.45) is 0. The second kappa shape index (κ2) is 7.01. The van der Waals surface area contributed by atoms with Crippen LogP contribution in [0.2, 0.25) is 0 Å². The van der Waals surface area contributed by atoms with Crippen LogP contribution in [0.4, 0.5) is 5.69 Å². The highest BCUT2D eigenvalue weighted by Crippen LogP contribution is 2.27. The maximum Gasteiger partial charge on any atom is 0.336 e. The molecule has 0 saturated carbocycles. The molecule has 0 fully saturated rings. The van der Waals surface area contributed by atoms with E-state index in [-0.39, 0.29) is 10.5 Å². The fourth-order valence-corrected chi connectivity index (χ4v) is 3.65. The quantitative estimate of drug-likeness (QED) is 0.709. The molecule has 26 heavy (non-hydrogen) atoms. The van der Waals surface area contributed by atoms with Gasteiger partial charge < -0.3 is 5.11 Å². The molecule has 0 radical (unpaired) electrons. The number of aromatic carboxylic acids is 1.